The third-order valence-electron chi connectivity index (χ3n) is 7.02. The average molecular weight is 547 g/mol. The van der Waals surface area contributed by atoms with Gasteiger partial charge in [-0.1, -0.05) is 72.1 Å². The lowest BCUT2D eigenvalue weighted by atomic mass is 10.1. The first-order valence-corrected chi connectivity index (χ1v) is 14.2. The zero-order valence-corrected chi connectivity index (χ0v) is 22.6. The Kier molecular flexibility index (Phi) is 6.06. The van der Waals surface area contributed by atoms with E-state index >= 15 is 0 Å². The number of benzene rings is 5. The summed E-state index contributed by atoms with van der Waals surface area (Å²) in [5.41, 5.74) is 0. The van der Waals surface area contributed by atoms with Crippen LogP contribution in [0.2, 0.25) is 0 Å². The topological polar surface area (TPSA) is 72.3 Å². The summed E-state index contributed by atoms with van der Waals surface area (Å²) in [5, 5.41) is 28.3. The van der Waals surface area contributed by atoms with E-state index in [9.17, 15) is 10.5 Å². The lowest BCUT2D eigenvalue weighted by molar-refractivity contribution is 1.36. The van der Waals surface area contributed by atoms with Crippen molar-refractivity contribution in [3.8, 4) is 12.4 Å². The monoisotopic (exact) mass is 546 g/mol. The van der Waals surface area contributed by atoms with Crippen molar-refractivity contribution < 1.29 is 0 Å². The van der Waals surface area contributed by atoms with Crippen LogP contribution in [0.25, 0.3) is 43.1 Å². The minimum absolute atomic E-state index is 0.651. The predicted octanol–water partition coefficient (Wildman–Crippen LogP) is 8.24. The first kappa shape index (κ1) is 24.2. The van der Waals surface area contributed by atoms with Crippen LogP contribution in [0.5, 0.6) is 0 Å². The van der Waals surface area contributed by atoms with E-state index in [0.29, 0.717) is 10.7 Å². The van der Waals surface area contributed by atoms with Crippen molar-refractivity contribution >= 4 is 66.6 Å². The van der Waals surface area contributed by atoms with Crippen molar-refractivity contribution in [2.45, 2.75) is 19.6 Å². The van der Waals surface area contributed by atoms with Crippen molar-refractivity contribution in [2.24, 2.45) is 9.98 Å². The second-order valence-electron chi connectivity index (χ2n) is 9.31. The highest BCUT2D eigenvalue weighted by Gasteiger charge is 2.16. The first-order chi connectivity index (χ1) is 19.7. The molecule has 7 rings (SSSR count). The number of nitrogens with zero attached hydrogens (tertiary/aromatic N) is 4. The van der Waals surface area contributed by atoms with Crippen molar-refractivity contribution in [1.82, 2.24) is 0 Å². The number of fused-ring (bicyclic) bond motifs is 6. The molecule has 0 atom stereocenters. The van der Waals surface area contributed by atoms with E-state index in [2.05, 4.69) is 76.7 Å². The summed E-state index contributed by atoms with van der Waals surface area (Å²) < 4.78 is 0. The second kappa shape index (κ2) is 10.0. The fourth-order valence-corrected chi connectivity index (χ4v) is 7.11. The van der Waals surface area contributed by atoms with Crippen LogP contribution in [-0.2, 0) is 0 Å². The quantitative estimate of drug-likeness (QED) is 0.208. The van der Waals surface area contributed by atoms with Gasteiger partial charge in [-0.05, 0) is 82.2 Å². The van der Waals surface area contributed by atoms with E-state index in [1.165, 1.54) is 0 Å². The fraction of sp³-hybridized carbons (Fsp3) is 0. The maximum absolute atomic E-state index is 9.59. The molecule has 0 bridgehead atoms. The Labute approximate surface area is 238 Å². The van der Waals surface area contributed by atoms with E-state index < -0.39 is 0 Å². The van der Waals surface area contributed by atoms with Gasteiger partial charge in [0, 0.05) is 41.1 Å². The lowest BCUT2D eigenvalue weighted by Crippen LogP contribution is -2.00. The second-order valence-corrected chi connectivity index (χ2v) is 11.6. The molecular formula is C34H18N4S2. The largest absolute Gasteiger partial charge is 0.206 e. The summed E-state index contributed by atoms with van der Waals surface area (Å²) in [6.45, 7) is 0. The highest BCUT2D eigenvalue weighted by atomic mass is 32.2. The maximum atomic E-state index is 9.59. The van der Waals surface area contributed by atoms with Crippen molar-refractivity contribution in [2.75, 3.05) is 0 Å². The minimum atomic E-state index is 0.651. The van der Waals surface area contributed by atoms with Crippen LogP contribution in [0.15, 0.2) is 139 Å². The fourth-order valence-electron chi connectivity index (χ4n) is 5.35. The number of rotatable bonds is 4. The molecule has 0 unspecified atom stereocenters. The van der Waals surface area contributed by atoms with Crippen LogP contribution in [0.1, 0.15) is 0 Å². The van der Waals surface area contributed by atoms with Crippen molar-refractivity contribution in [3.63, 3.8) is 0 Å². The van der Waals surface area contributed by atoms with Crippen LogP contribution in [-0.4, -0.2) is 0 Å². The molecule has 0 fully saturated rings. The van der Waals surface area contributed by atoms with E-state index in [-0.39, 0.29) is 0 Å². The van der Waals surface area contributed by atoms with Crippen LogP contribution in [0, 0.1) is 22.9 Å². The van der Waals surface area contributed by atoms with Gasteiger partial charge in [0.15, 0.2) is 0 Å². The zero-order valence-electron chi connectivity index (χ0n) is 21.0. The highest BCUT2D eigenvalue weighted by molar-refractivity contribution is 7.99. The van der Waals surface area contributed by atoms with E-state index in [0.717, 1.165) is 62.7 Å². The Bertz CT molecular complexity index is 2120. The molecule has 0 aliphatic heterocycles. The summed E-state index contributed by atoms with van der Waals surface area (Å²) in [5.74, 6) is 0. The molecule has 7 aromatic rings. The van der Waals surface area contributed by atoms with Gasteiger partial charge >= 0.3 is 0 Å². The zero-order chi connectivity index (χ0) is 27.1. The van der Waals surface area contributed by atoms with Gasteiger partial charge in [-0.3, -0.25) is 0 Å². The Morgan fingerprint density at radius 2 is 0.800 bits per heavy atom. The molecule has 0 aromatic heterocycles. The minimum Gasteiger partial charge on any atom is -0.172 e. The summed E-state index contributed by atoms with van der Waals surface area (Å²) >= 11 is 3.36. The van der Waals surface area contributed by atoms with Crippen LogP contribution in [0.4, 0.5) is 0 Å². The third-order valence-corrected chi connectivity index (χ3v) is 9.02. The number of hydrogen-bond acceptors (Lipinski definition) is 6. The molecule has 0 saturated heterocycles. The summed E-state index contributed by atoms with van der Waals surface area (Å²) in [4.78, 5) is 13.0. The van der Waals surface area contributed by atoms with E-state index in [1.807, 2.05) is 54.9 Å². The van der Waals surface area contributed by atoms with Crippen LogP contribution >= 0.6 is 23.5 Å². The molecular weight excluding hydrogens is 529 g/mol. The Morgan fingerprint density at radius 1 is 0.400 bits per heavy atom. The Balaban J connectivity index is 1.47. The molecule has 0 aliphatic carbocycles. The van der Waals surface area contributed by atoms with Gasteiger partial charge in [-0.15, -0.1) is 0 Å². The molecule has 0 N–H and O–H groups in total. The van der Waals surface area contributed by atoms with Crippen LogP contribution in [0.3, 0.4) is 0 Å². The molecule has 0 radical (unpaired) electrons. The van der Waals surface area contributed by atoms with Crippen molar-refractivity contribution in [3.05, 3.63) is 120 Å². The average Bonchev–Trinajstić information content (AvgIpc) is 3.44. The van der Waals surface area contributed by atoms with Gasteiger partial charge in [0.05, 0.1) is 10.7 Å². The van der Waals surface area contributed by atoms with Gasteiger partial charge in [-0.25, -0.2) is 0 Å². The normalized spacial score (nSPS) is 12.4. The summed E-state index contributed by atoms with van der Waals surface area (Å²) in [6.07, 6.45) is 4.02. The summed E-state index contributed by atoms with van der Waals surface area (Å²) in [6, 6.07) is 37.3. The standard InChI is InChI=1S/C34H18N4S2/c35-19-37-33-29-15-23(39-21-7-3-1-4-8-21)11-13-25(29)27-17-28-26-14-12-24(40-22-9-5-2-6-10-22)16-30(26)34(38-20-36)32(28)18-31(27)33/h1-18H/b37-33-,38-34+. The SMILES string of the molecule is N#C/N=c1\c2cc(Sc3ccccc3)ccc2c2cc3c(cc12)/c(=N\C#N)c1cc(Sc2ccccc2)ccc13. The van der Waals surface area contributed by atoms with Gasteiger partial charge in [-0.2, -0.15) is 20.5 Å². The van der Waals surface area contributed by atoms with Gasteiger partial charge in [0.2, 0.25) is 12.4 Å². The molecule has 40 heavy (non-hydrogen) atoms. The number of hydrogen-bond donors (Lipinski definition) is 0. The first-order valence-electron chi connectivity index (χ1n) is 12.6. The molecule has 186 valence electrons. The van der Waals surface area contributed by atoms with E-state index in [4.69, 9.17) is 0 Å². The molecule has 0 spiro atoms. The maximum Gasteiger partial charge on any atom is 0.206 e. The molecule has 0 aliphatic rings. The Hall–Kier alpha value is -4.88. The predicted molar refractivity (Wildman–Crippen MR) is 162 cm³/mol. The lowest BCUT2D eigenvalue weighted by Gasteiger charge is -2.02. The Morgan fingerprint density at radius 3 is 1.23 bits per heavy atom. The van der Waals surface area contributed by atoms with Gasteiger partial charge in [0.1, 0.15) is 0 Å². The summed E-state index contributed by atoms with van der Waals surface area (Å²) in [7, 11) is 0. The molecule has 6 heteroatoms. The van der Waals surface area contributed by atoms with Crippen LogP contribution < -0.4 is 10.7 Å². The third kappa shape index (κ3) is 4.12. The molecule has 0 saturated carbocycles. The molecule has 0 amide bonds. The molecule has 4 nitrogen and oxygen atoms in total. The van der Waals surface area contributed by atoms with E-state index in [1.54, 1.807) is 23.5 Å². The smallest absolute Gasteiger partial charge is 0.172 e. The van der Waals surface area contributed by atoms with Gasteiger partial charge in [0.25, 0.3) is 0 Å². The number of nitriles is 2. The highest BCUT2D eigenvalue weighted by Crippen LogP contribution is 2.37. The van der Waals surface area contributed by atoms with Crippen molar-refractivity contribution in [1.29, 1.82) is 10.5 Å². The van der Waals surface area contributed by atoms with Gasteiger partial charge < -0.3 is 0 Å². The molecule has 7 aromatic carbocycles. The molecule has 0 heterocycles.